The summed E-state index contributed by atoms with van der Waals surface area (Å²) in [5.74, 6) is -1.72. The van der Waals surface area contributed by atoms with Gasteiger partial charge in [-0.1, -0.05) is 41.4 Å². The zero-order valence-corrected chi connectivity index (χ0v) is 16.2. The average Bonchev–Trinajstić information content (AvgIpc) is 2.99. The Balaban J connectivity index is 1.98. The average molecular weight is 427 g/mol. The van der Waals surface area contributed by atoms with Gasteiger partial charge >= 0.3 is 11.7 Å². The molecule has 0 unspecified atom stereocenters. The fraction of sp³-hybridized carbons (Fsp3) is 0. The Kier molecular flexibility index (Phi) is 4.74. The van der Waals surface area contributed by atoms with Gasteiger partial charge in [0.05, 0.1) is 37.9 Å². The Morgan fingerprint density at radius 3 is 1.97 bits per heavy atom. The van der Waals surface area contributed by atoms with Crippen LogP contribution in [0.1, 0.15) is 20.7 Å². The van der Waals surface area contributed by atoms with Crippen LogP contribution in [-0.2, 0) is 0 Å². The summed E-state index contributed by atoms with van der Waals surface area (Å²) >= 11 is 12.3. The van der Waals surface area contributed by atoms with Gasteiger partial charge in [0.25, 0.3) is 5.91 Å². The number of carbonyl (C=O) groups is 2. The van der Waals surface area contributed by atoms with Gasteiger partial charge in [-0.2, -0.15) is 0 Å². The minimum Gasteiger partial charge on any atom is -0.478 e. The van der Waals surface area contributed by atoms with Crippen LogP contribution in [0, 0.1) is 0 Å². The topological polar surface area (TPSA) is 81.3 Å². The van der Waals surface area contributed by atoms with Crippen molar-refractivity contribution in [2.45, 2.75) is 0 Å². The van der Waals surface area contributed by atoms with Crippen LogP contribution in [-0.4, -0.2) is 26.1 Å². The predicted molar refractivity (Wildman–Crippen MR) is 111 cm³/mol. The largest absolute Gasteiger partial charge is 0.478 e. The van der Waals surface area contributed by atoms with Crippen molar-refractivity contribution < 1.29 is 14.7 Å². The van der Waals surface area contributed by atoms with Crippen molar-refractivity contribution >= 4 is 46.1 Å². The molecule has 0 fully saturated rings. The van der Waals surface area contributed by atoms with E-state index in [1.54, 1.807) is 30.3 Å². The van der Waals surface area contributed by atoms with Crippen molar-refractivity contribution in [1.29, 1.82) is 0 Å². The Morgan fingerprint density at radius 2 is 1.38 bits per heavy atom. The van der Waals surface area contributed by atoms with E-state index in [2.05, 4.69) is 0 Å². The number of hydrogen-bond donors (Lipinski definition) is 1. The Bertz CT molecular complexity index is 1320. The van der Waals surface area contributed by atoms with Crippen LogP contribution >= 0.6 is 23.2 Å². The Hall–Kier alpha value is -3.35. The summed E-state index contributed by atoms with van der Waals surface area (Å²) in [6, 6.07) is 17.2. The smallest absolute Gasteiger partial charge is 0.340 e. The lowest BCUT2D eigenvalue weighted by Crippen LogP contribution is -2.29. The highest BCUT2D eigenvalue weighted by Gasteiger charge is 2.24. The van der Waals surface area contributed by atoms with E-state index in [4.69, 9.17) is 28.3 Å². The molecule has 0 saturated carbocycles. The molecular formula is C21H12Cl2N2O4. The molecule has 0 amide bonds. The second-order valence-electron chi connectivity index (χ2n) is 6.20. The highest BCUT2D eigenvalue weighted by Crippen LogP contribution is 2.27. The van der Waals surface area contributed by atoms with E-state index in [1.807, 2.05) is 0 Å². The van der Waals surface area contributed by atoms with Gasteiger partial charge in [-0.15, -0.1) is 0 Å². The number of imidazole rings is 1. The van der Waals surface area contributed by atoms with Gasteiger partial charge in [0, 0.05) is 0 Å². The van der Waals surface area contributed by atoms with Crippen molar-refractivity contribution in [3.05, 3.63) is 98.4 Å². The van der Waals surface area contributed by atoms with Gasteiger partial charge in [0.1, 0.15) is 0 Å². The number of benzene rings is 3. The Morgan fingerprint density at radius 1 is 0.793 bits per heavy atom. The molecule has 144 valence electrons. The number of carboxylic acid groups (broad SMARTS) is 1. The fourth-order valence-corrected chi connectivity index (χ4v) is 3.72. The molecule has 0 spiro atoms. The quantitative estimate of drug-likeness (QED) is 0.523. The van der Waals surface area contributed by atoms with Crippen molar-refractivity contribution in [3.8, 4) is 5.69 Å². The van der Waals surface area contributed by atoms with Gasteiger partial charge < -0.3 is 5.11 Å². The zero-order chi connectivity index (χ0) is 20.7. The maximum atomic E-state index is 13.2. The number of fused-ring (bicyclic) bond motifs is 1. The number of carbonyl (C=O) groups excluding carboxylic acids is 1. The molecule has 4 aromatic rings. The predicted octanol–water partition coefficient (Wildman–Crippen LogP) is 4.49. The van der Waals surface area contributed by atoms with Crippen molar-refractivity contribution in [2.24, 2.45) is 0 Å². The van der Waals surface area contributed by atoms with E-state index in [0.29, 0.717) is 16.7 Å². The van der Waals surface area contributed by atoms with Gasteiger partial charge in [-0.25, -0.2) is 14.2 Å². The van der Waals surface area contributed by atoms with Crippen molar-refractivity contribution in [2.75, 3.05) is 0 Å². The highest BCUT2D eigenvalue weighted by molar-refractivity contribution is 6.39. The summed E-state index contributed by atoms with van der Waals surface area (Å²) < 4.78 is 2.34. The van der Waals surface area contributed by atoms with E-state index in [0.717, 1.165) is 4.57 Å². The number of carboxylic acids is 1. The van der Waals surface area contributed by atoms with Gasteiger partial charge in [0.2, 0.25) is 0 Å². The number of aromatic carboxylic acids is 1. The monoisotopic (exact) mass is 426 g/mol. The number of hydrogen-bond acceptors (Lipinski definition) is 3. The summed E-state index contributed by atoms with van der Waals surface area (Å²) in [4.78, 5) is 37.6. The van der Waals surface area contributed by atoms with E-state index in [-0.39, 0.29) is 21.2 Å². The molecule has 0 bridgehead atoms. The van der Waals surface area contributed by atoms with Crippen LogP contribution in [0.15, 0.2) is 71.5 Å². The molecule has 0 saturated heterocycles. The minimum absolute atomic E-state index is 0.0297. The summed E-state index contributed by atoms with van der Waals surface area (Å²) in [5.41, 5.74) is 0.785. The molecule has 1 aromatic heterocycles. The van der Waals surface area contributed by atoms with Crippen LogP contribution in [0.4, 0.5) is 0 Å². The summed E-state index contributed by atoms with van der Waals surface area (Å²) in [6.07, 6.45) is 0. The van der Waals surface area contributed by atoms with Crippen LogP contribution in [0.5, 0.6) is 0 Å². The van der Waals surface area contributed by atoms with Crippen LogP contribution in [0.3, 0.4) is 0 Å². The first-order valence-electron chi connectivity index (χ1n) is 8.45. The van der Waals surface area contributed by atoms with Crippen LogP contribution in [0.25, 0.3) is 16.7 Å². The molecule has 8 heteroatoms. The van der Waals surface area contributed by atoms with E-state index in [9.17, 15) is 14.4 Å². The first-order valence-corrected chi connectivity index (χ1v) is 9.20. The maximum absolute atomic E-state index is 13.2. The second-order valence-corrected chi connectivity index (χ2v) is 7.01. The number of halogens is 2. The van der Waals surface area contributed by atoms with Crippen molar-refractivity contribution in [1.82, 2.24) is 9.13 Å². The first kappa shape index (κ1) is 19.0. The molecule has 0 atom stereocenters. The number of para-hydroxylation sites is 2. The molecule has 0 aliphatic heterocycles. The van der Waals surface area contributed by atoms with Gasteiger partial charge in [0.15, 0.2) is 0 Å². The van der Waals surface area contributed by atoms with Crippen molar-refractivity contribution in [3.63, 3.8) is 0 Å². The fourth-order valence-electron chi connectivity index (χ4n) is 3.16. The van der Waals surface area contributed by atoms with Crippen LogP contribution in [0.2, 0.25) is 10.0 Å². The summed E-state index contributed by atoms with van der Waals surface area (Å²) in [7, 11) is 0. The third-order valence-corrected chi connectivity index (χ3v) is 5.13. The lowest BCUT2D eigenvalue weighted by molar-refractivity contribution is 0.0696. The summed E-state index contributed by atoms with van der Waals surface area (Å²) in [6.45, 7) is 0. The first-order chi connectivity index (χ1) is 13.9. The number of rotatable bonds is 3. The van der Waals surface area contributed by atoms with Gasteiger partial charge in [-0.05, 0) is 48.5 Å². The van der Waals surface area contributed by atoms with Gasteiger partial charge in [-0.3, -0.25) is 9.36 Å². The normalized spacial score (nSPS) is 11.0. The second kappa shape index (κ2) is 7.24. The molecule has 4 rings (SSSR count). The molecule has 0 radical (unpaired) electrons. The van der Waals surface area contributed by atoms with E-state index >= 15 is 0 Å². The maximum Gasteiger partial charge on any atom is 0.340 e. The zero-order valence-electron chi connectivity index (χ0n) is 14.7. The Labute approximate surface area is 174 Å². The standard InChI is InChI=1S/C21H12Cl2N2O4/c22-14-4-3-5-15(23)18(14)19(26)25-17-7-2-1-6-16(17)24(21(25)29)13-10-8-12(9-11-13)20(27)28/h1-11H,(H,27,28). The van der Waals surface area contributed by atoms with E-state index in [1.165, 1.54) is 41.0 Å². The molecular weight excluding hydrogens is 415 g/mol. The number of aromatic nitrogens is 2. The summed E-state index contributed by atoms with van der Waals surface area (Å²) in [5, 5.41) is 9.36. The van der Waals surface area contributed by atoms with E-state index < -0.39 is 17.6 Å². The molecule has 6 nitrogen and oxygen atoms in total. The molecule has 0 aliphatic rings. The molecule has 1 N–H and O–H groups in total. The highest BCUT2D eigenvalue weighted by atomic mass is 35.5. The molecule has 29 heavy (non-hydrogen) atoms. The molecule has 1 heterocycles. The number of nitrogens with zero attached hydrogens (tertiary/aromatic N) is 2. The molecule has 3 aromatic carbocycles. The third kappa shape index (κ3) is 3.12. The third-order valence-electron chi connectivity index (χ3n) is 4.50. The lowest BCUT2D eigenvalue weighted by atomic mass is 10.2. The SMILES string of the molecule is O=C(O)c1ccc(-n2c(=O)n(C(=O)c3c(Cl)cccc3Cl)c3ccccc32)cc1. The molecule has 0 aliphatic carbocycles. The van der Waals surface area contributed by atoms with Crippen LogP contribution < -0.4 is 5.69 Å². The minimum atomic E-state index is -1.07. The lowest BCUT2D eigenvalue weighted by Gasteiger charge is -2.06.